The maximum Gasteiger partial charge on any atom is 0.338 e. The van der Waals surface area contributed by atoms with Crippen molar-refractivity contribution in [3.8, 4) is 0 Å². The number of rotatable bonds is 23. The van der Waals surface area contributed by atoms with Crippen molar-refractivity contribution in [1.29, 1.82) is 0 Å². The molecule has 0 aromatic heterocycles. The molecule has 1 aromatic carbocycles. The van der Waals surface area contributed by atoms with Gasteiger partial charge >= 0.3 is 11.9 Å². The van der Waals surface area contributed by atoms with Crippen LogP contribution in [0.1, 0.15) is 114 Å². The number of allylic oxidation sites excluding steroid dienone is 4. The second-order valence-electron chi connectivity index (χ2n) is 19.3. The van der Waals surface area contributed by atoms with E-state index in [1.165, 1.54) is 26.4 Å². The zero-order valence-electron chi connectivity index (χ0n) is 38.1. The molecule has 3 N–H and O–H groups in total. The molecule has 346 valence electrons. The number of methoxy groups -OCH3 is 4. The molecule has 62 heavy (non-hydrogen) atoms. The number of unbranched alkanes of at least 4 members (excludes halogenated alkanes) is 8. The Labute approximate surface area is 369 Å². The van der Waals surface area contributed by atoms with Crippen LogP contribution in [0.2, 0.25) is 0 Å². The largest absolute Gasteiger partial charge is 0.455 e. The SMILES string of the molecule is CCCCC/C=C\C/C=C\CCCCCCCC(=O)O[C@]12C(O)[C@H](OC)[C@]3(O)C[C@H]([C@@H]1[C@H]3OC(=O)c1ccccc1)[C@@]13[C@@H](OC)CC(O)[C@@]4(COC)CN(CC)[C@@H]1[C@@H]2[C@H](OC)[C@H]43. The maximum absolute atomic E-state index is 14.6. The fraction of sp³-hybridized carbons (Fsp3) is 0.760. The van der Waals surface area contributed by atoms with E-state index in [2.05, 4.69) is 43.1 Å². The minimum Gasteiger partial charge on any atom is -0.455 e. The van der Waals surface area contributed by atoms with Crippen LogP contribution >= 0.6 is 0 Å². The number of hydrogen-bond donors (Lipinski definition) is 3. The number of aliphatic hydroxyl groups is 3. The molecule has 2 unspecified atom stereocenters. The summed E-state index contributed by atoms with van der Waals surface area (Å²) in [6.07, 6.45) is 15.2. The highest BCUT2D eigenvalue weighted by Crippen LogP contribution is 2.80. The van der Waals surface area contributed by atoms with Gasteiger partial charge in [0.15, 0.2) is 5.60 Å². The van der Waals surface area contributed by atoms with Gasteiger partial charge in [0.05, 0.1) is 30.5 Å². The highest BCUT2D eigenvalue weighted by atomic mass is 16.6. The van der Waals surface area contributed by atoms with E-state index in [0.29, 0.717) is 31.5 Å². The predicted octanol–water partition coefficient (Wildman–Crippen LogP) is 6.44. The summed E-state index contributed by atoms with van der Waals surface area (Å²) in [4.78, 5) is 31.0. The van der Waals surface area contributed by atoms with Crippen molar-refractivity contribution >= 4 is 11.9 Å². The Morgan fingerprint density at radius 2 is 1.53 bits per heavy atom. The lowest BCUT2D eigenvalue weighted by atomic mass is 9.42. The molecule has 12 heteroatoms. The molecular formula is C50H75NO11. The van der Waals surface area contributed by atoms with Gasteiger partial charge in [-0.25, -0.2) is 4.79 Å². The molecule has 5 aliphatic carbocycles. The number of esters is 2. The van der Waals surface area contributed by atoms with Crippen molar-refractivity contribution in [3.05, 3.63) is 60.2 Å². The molecule has 12 nitrogen and oxygen atoms in total. The molecule has 7 rings (SSSR count). The Morgan fingerprint density at radius 1 is 0.839 bits per heavy atom. The number of benzene rings is 1. The van der Waals surface area contributed by atoms with E-state index in [1.807, 2.05) is 6.07 Å². The monoisotopic (exact) mass is 866 g/mol. The van der Waals surface area contributed by atoms with Gasteiger partial charge in [0.2, 0.25) is 0 Å². The minimum atomic E-state index is -1.85. The number of ether oxygens (including phenoxy) is 6. The van der Waals surface area contributed by atoms with E-state index in [0.717, 1.165) is 44.9 Å². The van der Waals surface area contributed by atoms with E-state index in [-0.39, 0.29) is 31.4 Å². The van der Waals surface area contributed by atoms with Crippen LogP contribution in [0.5, 0.6) is 0 Å². The van der Waals surface area contributed by atoms with Crippen molar-refractivity contribution in [2.45, 2.75) is 158 Å². The molecule has 7 bridgehead atoms. The number of nitrogens with zero attached hydrogens (tertiary/aromatic N) is 1. The van der Waals surface area contributed by atoms with Crippen LogP contribution in [0.3, 0.4) is 0 Å². The zero-order valence-corrected chi connectivity index (χ0v) is 38.1. The van der Waals surface area contributed by atoms with E-state index in [4.69, 9.17) is 28.4 Å². The quantitative estimate of drug-likeness (QED) is 0.0631. The summed E-state index contributed by atoms with van der Waals surface area (Å²) in [6.45, 7) is 5.63. The zero-order chi connectivity index (χ0) is 44.3. The molecule has 5 saturated carbocycles. The van der Waals surface area contributed by atoms with E-state index < -0.39 is 88.3 Å². The van der Waals surface area contributed by atoms with Crippen molar-refractivity contribution < 1.29 is 53.3 Å². The van der Waals surface area contributed by atoms with Crippen LogP contribution in [-0.4, -0.2) is 134 Å². The molecule has 6 aliphatic rings. The Hall–Kier alpha value is -2.68. The first kappa shape index (κ1) is 47.3. The molecule has 1 spiro atoms. The second-order valence-corrected chi connectivity index (χ2v) is 19.3. The summed E-state index contributed by atoms with van der Waals surface area (Å²) in [5.41, 5.74) is -4.87. The molecule has 0 radical (unpaired) electrons. The van der Waals surface area contributed by atoms with E-state index >= 15 is 0 Å². The van der Waals surface area contributed by atoms with Crippen LogP contribution in [-0.2, 0) is 33.2 Å². The molecular weight excluding hydrogens is 791 g/mol. The highest BCUT2D eigenvalue weighted by Gasteiger charge is 2.92. The standard InChI is InChI=1S/C50H75NO11/c1-7-9-10-11-12-13-14-15-16-17-18-19-20-21-25-28-37(53)62-50-38-34(30-48(56,45(60-6)43(50)54)44(38)61-46(55)33-26-23-22-24-27-33)49-36(58-4)29-35(52)47(32-57-3)31-51(8-2)42(49)39(50)40(59-5)41(47)49/h12-13,15-16,22-24,26-27,34-36,38-45,52,54,56H,7-11,14,17-21,25,28-32H2,1-6H3/b13-12-,16-15-/t34-,35?,36+,38-,39+,40+,41-,42-,43?,44-,45+,47+,48+,49+,50-/m1/s1. The normalized spacial score (nSPS) is 40.4. The molecule has 6 fully saturated rings. The molecule has 1 heterocycles. The van der Waals surface area contributed by atoms with Crippen LogP contribution < -0.4 is 0 Å². The van der Waals surface area contributed by atoms with Gasteiger partial charge in [-0.1, -0.05) is 88.5 Å². The van der Waals surface area contributed by atoms with Gasteiger partial charge in [0.1, 0.15) is 23.9 Å². The number of aliphatic hydroxyl groups excluding tert-OH is 2. The topological polar surface area (TPSA) is 153 Å². The third-order valence-electron chi connectivity index (χ3n) is 16.5. The number of likely N-dealkylation sites (tertiary alicyclic amines) is 1. The first-order valence-electron chi connectivity index (χ1n) is 23.7. The van der Waals surface area contributed by atoms with Gasteiger partial charge in [0, 0.05) is 82.5 Å². The Morgan fingerprint density at radius 3 is 2.18 bits per heavy atom. The maximum atomic E-state index is 14.6. The van der Waals surface area contributed by atoms with Gasteiger partial charge < -0.3 is 43.7 Å². The Bertz CT molecular complexity index is 1720. The Kier molecular flexibility index (Phi) is 15.1. The highest BCUT2D eigenvalue weighted by molar-refractivity contribution is 5.89. The lowest BCUT2D eigenvalue weighted by Gasteiger charge is -2.70. The summed E-state index contributed by atoms with van der Waals surface area (Å²) < 4.78 is 38.7. The van der Waals surface area contributed by atoms with Crippen molar-refractivity contribution in [2.75, 3.05) is 48.1 Å². The average molecular weight is 866 g/mol. The van der Waals surface area contributed by atoms with E-state index in [1.54, 1.807) is 45.6 Å². The first-order valence-corrected chi connectivity index (χ1v) is 23.7. The molecule has 1 saturated heterocycles. The van der Waals surface area contributed by atoms with Gasteiger partial charge in [-0.2, -0.15) is 0 Å². The lowest BCUT2D eigenvalue weighted by Crippen LogP contribution is -2.81. The van der Waals surface area contributed by atoms with Gasteiger partial charge in [-0.05, 0) is 69.5 Å². The van der Waals surface area contributed by atoms with Gasteiger partial charge in [-0.15, -0.1) is 0 Å². The van der Waals surface area contributed by atoms with Crippen LogP contribution in [0.25, 0.3) is 0 Å². The summed E-state index contributed by atoms with van der Waals surface area (Å²) in [6, 6.07) is 8.29. The lowest BCUT2D eigenvalue weighted by molar-refractivity contribution is -0.323. The number of carbonyl (C=O) groups is 2. The second kappa shape index (κ2) is 19.8. The summed E-state index contributed by atoms with van der Waals surface area (Å²) in [5.74, 6) is -3.53. The minimum absolute atomic E-state index is 0.0803. The summed E-state index contributed by atoms with van der Waals surface area (Å²) >= 11 is 0. The molecule has 1 aromatic rings. The smallest absolute Gasteiger partial charge is 0.338 e. The van der Waals surface area contributed by atoms with E-state index in [9.17, 15) is 24.9 Å². The number of carbonyl (C=O) groups excluding carboxylic acids is 2. The van der Waals surface area contributed by atoms with Gasteiger partial charge in [0.25, 0.3) is 0 Å². The molecule has 0 amide bonds. The third kappa shape index (κ3) is 7.54. The number of fused-ring (bicyclic) bond motifs is 2. The number of piperidine rings is 1. The van der Waals surface area contributed by atoms with Gasteiger partial charge in [-0.3, -0.25) is 9.69 Å². The summed E-state index contributed by atoms with van der Waals surface area (Å²) in [7, 11) is 6.40. The molecule has 1 aliphatic heterocycles. The molecule has 15 atom stereocenters. The predicted molar refractivity (Wildman–Crippen MR) is 234 cm³/mol. The summed E-state index contributed by atoms with van der Waals surface area (Å²) in [5, 5.41) is 38.4. The average Bonchev–Trinajstić information content (AvgIpc) is 3.65. The van der Waals surface area contributed by atoms with Crippen molar-refractivity contribution in [3.63, 3.8) is 0 Å². The van der Waals surface area contributed by atoms with Crippen molar-refractivity contribution in [2.24, 2.45) is 34.5 Å². The van der Waals surface area contributed by atoms with Crippen LogP contribution in [0, 0.1) is 34.5 Å². The van der Waals surface area contributed by atoms with Crippen LogP contribution in [0.15, 0.2) is 54.6 Å². The third-order valence-corrected chi connectivity index (χ3v) is 16.5. The fourth-order valence-corrected chi connectivity index (χ4v) is 14.4. The Balaban J connectivity index is 1.20. The van der Waals surface area contributed by atoms with Crippen molar-refractivity contribution in [1.82, 2.24) is 4.90 Å². The van der Waals surface area contributed by atoms with Crippen LogP contribution in [0.4, 0.5) is 0 Å². The fourth-order valence-electron chi connectivity index (χ4n) is 14.4. The first-order chi connectivity index (χ1) is 30.0. The number of hydrogen-bond acceptors (Lipinski definition) is 12.